The SMILES string of the molecule is CCCNc1cc(N(C)CC2CC3CCC2C3)nc(C)n1. The second-order valence-corrected chi connectivity index (χ2v) is 6.90. The van der Waals surface area contributed by atoms with Gasteiger partial charge >= 0.3 is 0 Å². The molecule has 21 heavy (non-hydrogen) atoms. The van der Waals surface area contributed by atoms with Crippen molar-refractivity contribution in [2.24, 2.45) is 17.8 Å². The third kappa shape index (κ3) is 3.30. The van der Waals surface area contributed by atoms with Gasteiger partial charge in [-0.3, -0.25) is 0 Å². The van der Waals surface area contributed by atoms with Gasteiger partial charge in [0.05, 0.1) is 0 Å². The molecule has 3 rings (SSSR count). The van der Waals surface area contributed by atoms with Gasteiger partial charge < -0.3 is 10.2 Å². The summed E-state index contributed by atoms with van der Waals surface area (Å²) in [4.78, 5) is 11.4. The molecule has 0 saturated heterocycles. The zero-order chi connectivity index (χ0) is 14.8. The second kappa shape index (κ2) is 6.20. The van der Waals surface area contributed by atoms with E-state index in [0.29, 0.717) is 0 Å². The van der Waals surface area contributed by atoms with Crippen molar-refractivity contribution in [1.82, 2.24) is 9.97 Å². The first-order valence-electron chi connectivity index (χ1n) is 8.46. The van der Waals surface area contributed by atoms with Gasteiger partial charge in [-0.05, 0) is 50.4 Å². The Labute approximate surface area is 128 Å². The Bertz CT molecular complexity index is 488. The highest BCUT2D eigenvalue weighted by Gasteiger charge is 2.39. The number of aromatic nitrogens is 2. The van der Waals surface area contributed by atoms with Crippen molar-refractivity contribution in [1.29, 1.82) is 0 Å². The Kier molecular flexibility index (Phi) is 4.32. The Morgan fingerprint density at radius 1 is 1.29 bits per heavy atom. The van der Waals surface area contributed by atoms with Crippen LogP contribution in [0.4, 0.5) is 11.6 Å². The summed E-state index contributed by atoms with van der Waals surface area (Å²) in [7, 11) is 2.18. The number of anilines is 2. The predicted molar refractivity (Wildman–Crippen MR) is 87.8 cm³/mol. The summed E-state index contributed by atoms with van der Waals surface area (Å²) >= 11 is 0. The molecule has 1 N–H and O–H groups in total. The molecule has 0 spiro atoms. The molecule has 2 aliphatic carbocycles. The molecule has 0 amide bonds. The van der Waals surface area contributed by atoms with E-state index in [2.05, 4.69) is 40.2 Å². The maximum Gasteiger partial charge on any atom is 0.134 e. The fourth-order valence-electron chi connectivity index (χ4n) is 4.14. The Morgan fingerprint density at radius 3 is 2.81 bits per heavy atom. The monoisotopic (exact) mass is 288 g/mol. The van der Waals surface area contributed by atoms with Crippen molar-refractivity contribution >= 4 is 11.6 Å². The molecule has 0 radical (unpaired) electrons. The molecule has 4 heteroatoms. The first kappa shape index (κ1) is 14.6. The number of nitrogens with zero attached hydrogens (tertiary/aromatic N) is 3. The van der Waals surface area contributed by atoms with Crippen LogP contribution in [-0.4, -0.2) is 30.1 Å². The normalized spacial score (nSPS) is 27.1. The Hall–Kier alpha value is -1.32. The lowest BCUT2D eigenvalue weighted by atomic mass is 9.88. The lowest BCUT2D eigenvalue weighted by Crippen LogP contribution is -2.29. The summed E-state index contributed by atoms with van der Waals surface area (Å²) in [5, 5.41) is 3.37. The van der Waals surface area contributed by atoms with Crippen LogP contribution < -0.4 is 10.2 Å². The van der Waals surface area contributed by atoms with Crippen molar-refractivity contribution in [3.05, 3.63) is 11.9 Å². The molecule has 2 bridgehead atoms. The molecular formula is C17H28N4. The fraction of sp³-hybridized carbons (Fsp3) is 0.765. The number of nitrogens with one attached hydrogen (secondary N) is 1. The first-order valence-corrected chi connectivity index (χ1v) is 8.46. The summed E-state index contributed by atoms with van der Waals surface area (Å²) in [6.07, 6.45) is 6.95. The molecular weight excluding hydrogens is 260 g/mol. The Balaban J connectivity index is 1.66. The van der Waals surface area contributed by atoms with Crippen LogP contribution in [-0.2, 0) is 0 Å². The second-order valence-electron chi connectivity index (χ2n) is 6.90. The Morgan fingerprint density at radius 2 is 2.14 bits per heavy atom. The third-order valence-corrected chi connectivity index (χ3v) is 5.16. The molecule has 1 heterocycles. The average molecular weight is 288 g/mol. The number of hydrogen-bond acceptors (Lipinski definition) is 4. The summed E-state index contributed by atoms with van der Waals surface area (Å²) in [6, 6.07) is 2.09. The zero-order valence-electron chi connectivity index (χ0n) is 13.6. The number of fused-ring (bicyclic) bond motifs is 2. The van der Waals surface area contributed by atoms with Gasteiger partial charge in [0.1, 0.15) is 17.5 Å². The predicted octanol–water partition coefficient (Wildman–Crippen LogP) is 3.48. The van der Waals surface area contributed by atoms with E-state index in [4.69, 9.17) is 0 Å². The minimum Gasteiger partial charge on any atom is -0.370 e. The highest BCUT2D eigenvalue weighted by molar-refractivity contribution is 5.49. The van der Waals surface area contributed by atoms with Crippen LogP contribution in [0.5, 0.6) is 0 Å². The molecule has 4 nitrogen and oxygen atoms in total. The summed E-state index contributed by atoms with van der Waals surface area (Å²) in [5.74, 6) is 5.73. The van der Waals surface area contributed by atoms with Gasteiger partial charge in [-0.2, -0.15) is 0 Å². The number of aryl methyl sites for hydroxylation is 1. The number of rotatable bonds is 6. The van der Waals surface area contributed by atoms with Crippen molar-refractivity contribution in [3.63, 3.8) is 0 Å². The van der Waals surface area contributed by atoms with Gasteiger partial charge in [0, 0.05) is 26.2 Å². The summed E-state index contributed by atoms with van der Waals surface area (Å²) < 4.78 is 0. The molecule has 3 unspecified atom stereocenters. The van der Waals surface area contributed by atoms with Gasteiger partial charge in [-0.1, -0.05) is 13.3 Å². The van der Waals surface area contributed by atoms with Gasteiger partial charge in [-0.15, -0.1) is 0 Å². The molecule has 2 fully saturated rings. The van der Waals surface area contributed by atoms with Gasteiger partial charge in [-0.25, -0.2) is 9.97 Å². The lowest BCUT2D eigenvalue weighted by molar-refractivity contribution is 0.337. The van der Waals surface area contributed by atoms with E-state index in [9.17, 15) is 0 Å². The van der Waals surface area contributed by atoms with Crippen LogP contribution in [0, 0.1) is 24.7 Å². The quantitative estimate of drug-likeness (QED) is 0.870. The average Bonchev–Trinajstić information content (AvgIpc) is 3.07. The lowest BCUT2D eigenvalue weighted by Gasteiger charge is -2.28. The smallest absolute Gasteiger partial charge is 0.134 e. The van der Waals surface area contributed by atoms with E-state index in [1.807, 2.05) is 6.92 Å². The van der Waals surface area contributed by atoms with Crippen molar-refractivity contribution in [2.45, 2.75) is 46.0 Å². The van der Waals surface area contributed by atoms with Crippen LogP contribution in [0.25, 0.3) is 0 Å². The van der Waals surface area contributed by atoms with Crippen LogP contribution in [0.1, 0.15) is 44.9 Å². The minimum atomic E-state index is 0.853. The molecule has 0 aromatic carbocycles. The molecule has 2 saturated carbocycles. The van der Waals surface area contributed by atoms with Crippen molar-refractivity contribution in [3.8, 4) is 0 Å². The van der Waals surface area contributed by atoms with Gasteiger partial charge in [0.25, 0.3) is 0 Å². The van der Waals surface area contributed by atoms with Gasteiger partial charge in [0.15, 0.2) is 0 Å². The van der Waals surface area contributed by atoms with E-state index in [-0.39, 0.29) is 0 Å². The number of hydrogen-bond donors (Lipinski definition) is 1. The highest BCUT2D eigenvalue weighted by atomic mass is 15.2. The van der Waals surface area contributed by atoms with Crippen molar-refractivity contribution < 1.29 is 0 Å². The van der Waals surface area contributed by atoms with E-state index >= 15 is 0 Å². The van der Waals surface area contributed by atoms with Crippen LogP contribution in [0.3, 0.4) is 0 Å². The topological polar surface area (TPSA) is 41.0 Å². The summed E-state index contributed by atoms with van der Waals surface area (Å²) in [6.45, 7) is 6.26. The fourth-order valence-corrected chi connectivity index (χ4v) is 4.14. The molecule has 1 aromatic rings. The van der Waals surface area contributed by atoms with Crippen LogP contribution in [0.2, 0.25) is 0 Å². The zero-order valence-corrected chi connectivity index (χ0v) is 13.6. The summed E-state index contributed by atoms with van der Waals surface area (Å²) in [5.41, 5.74) is 0. The maximum absolute atomic E-state index is 4.62. The standard InChI is InChI=1S/C17H28N4/c1-4-7-18-16-10-17(20-12(2)19-16)21(3)11-15-9-13-5-6-14(15)8-13/h10,13-15H,4-9,11H2,1-3H3,(H,18,19,20). The molecule has 116 valence electrons. The molecule has 0 aliphatic heterocycles. The van der Waals surface area contributed by atoms with E-state index in [1.165, 1.54) is 25.7 Å². The van der Waals surface area contributed by atoms with E-state index < -0.39 is 0 Å². The van der Waals surface area contributed by atoms with E-state index in [0.717, 1.165) is 54.7 Å². The minimum absolute atomic E-state index is 0.853. The van der Waals surface area contributed by atoms with Crippen LogP contribution in [0.15, 0.2) is 6.07 Å². The largest absolute Gasteiger partial charge is 0.370 e. The van der Waals surface area contributed by atoms with Crippen molar-refractivity contribution in [2.75, 3.05) is 30.4 Å². The molecule has 1 aromatic heterocycles. The van der Waals surface area contributed by atoms with Gasteiger partial charge in [0.2, 0.25) is 0 Å². The van der Waals surface area contributed by atoms with E-state index in [1.54, 1.807) is 0 Å². The van der Waals surface area contributed by atoms with Crippen LogP contribution >= 0.6 is 0 Å². The molecule has 2 aliphatic rings. The third-order valence-electron chi connectivity index (χ3n) is 5.16. The highest BCUT2D eigenvalue weighted by Crippen LogP contribution is 2.48. The maximum atomic E-state index is 4.62. The molecule has 3 atom stereocenters. The first-order chi connectivity index (χ1) is 10.2.